The molecule has 0 heterocycles. The summed E-state index contributed by atoms with van der Waals surface area (Å²) >= 11 is 0. The number of hydrogen-bond acceptors (Lipinski definition) is 4. The first kappa shape index (κ1) is 20.7. The van der Waals surface area contributed by atoms with Gasteiger partial charge in [-0.25, -0.2) is 0 Å². The lowest BCUT2D eigenvalue weighted by molar-refractivity contribution is 0.0702. The van der Waals surface area contributed by atoms with Gasteiger partial charge in [0.15, 0.2) is 0 Å². The monoisotopic (exact) mass is 351 g/mol. The number of aryl methyl sites for hydroxylation is 1. The lowest BCUT2D eigenvalue weighted by Gasteiger charge is -2.29. The van der Waals surface area contributed by atoms with E-state index in [1.165, 1.54) is 5.56 Å². The Hall–Kier alpha value is -1.37. The van der Waals surface area contributed by atoms with Crippen LogP contribution in [0.3, 0.4) is 0 Å². The minimum absolute atomic E-state index is 0.0801. The molecule has 0 amide bonds. The fourth-order valence-corrected chi connectivity index (χ4v) is 5.34. The van der Waals surface area contributed by atoms with Gasteiger partial charge >= 0.3 is 8.80 Å². The Kier molecular flexibility index (Phi) is 10.4. The quantitative estimate of drug-likeness (QED) is 0.223. The van der Waals surface area contributed by atoms with E-state index in [0.717, 1.165) is 12.8 Å². The second-order valence-electron chi connectivity index (χ2n) is 5.40. The summed E-state index contributed by atoms with van der Waals surface area (Å²) in [7, 11) is -2.68. The maximum atomic E-state index is 8.85. The van der Waals surface area contributed by atoms with E-state index in [1.807, 2.05) is 39.0 Å². The van der Waals surface area contributed by atoms with Crippen molar-refractivity contribution in [1.29, 1.82) is 0 Å². The van der Waals surface area contributed by atoms with Crippen molar-refractivity contribution in [2.75, 3.05) is 19.8 Å². The summed E-state index contributed by atoms with van der Waals surface area (Å²) in [6.07, 6.45) is 2.41. The van der Waals surface area contributed by atoms with Gasteiger partial charge in [0.1, 0.15) is 0 Å². The third-order valence-electron chi connectivity index (χ3n) is 3.70. The van der Waals surface area contributed by atoms with E-state index in [4.69, 9.17) is 18.8 Å². The maximum absolute atomic E-state index is 8.85. The Bertz CT molecular complexity index is 478. The molecule has 1 rings (SSSR count). The number of azide groups is 1. The van der Waals surface area contributed by atoms with E-state index in [0.29, 0.717) is 32.3 Å². The molecule has 0 N–H and O–H groups in total. The largest absolute Gasteiger partial charge is 0.500 e. The van der Waals surface area contributed by atoms with Crippen LogP contribution >= 0.6 is 0 Å². The second kappa shape index (κ2) is 12.1. The molecule has 1 atom stereocenters. The van der Waals surface area contributed by atoms with Crippen molar-refractivity contribution in [2.45, 2.75) is 52.1 Å². The van der Waals surface area contributed by atoms with E-state index in [1.54, 1.807) is 0 Å². The van der Waals surface area contributed by atoms with Gasteiger partial charge in [-0.05, 0) is 51.1 Å². The molecule has 0 saturated heterocycles. The normalized spacial score (nSPS) is 12.6. The van der Waals surface area contributed by atoms with Crippen LogP contribution in [0.1, 0.15) is 39.2 Å². The molecule has 0 fully saturated rings. The average Bonchev–Trinajstić information content (AvgIpc) is 2.59. The Morgan fingerprint density at radius 1 is 1.00 bits per heavy atom. The summed E-state index contributed by atoms with van der Waals surface area (Å²) in [5.41, 5.74) is 10.1. The van der Waals surface area contributed by atoms with Crippen LogP contribution in [0.5, 0.6) is 0 Å². The van der Waals surface area contributed by atoms with Crippen molar-refractivity contribution in [2.24, 2.45) is 5.11 Å². The van der Waals surface area contributed by atoms with Crippen LogP contribution < -0.4 is 0 Å². The topological polar surface area (TPSA) is 76.5 Å². The van der Waals surface area contributed by atoms with Crippen LogP contribution in [0.25, 0.3) is 10.4 Å². The molecule has 0 aliphatic rings. The molecule has 24 heavy (non-hydrogen) atoms. The maximum Gasteiger partial charge on any atom is 0.500 e. The molecule has 0 saturated carbocycles. The molecular formula is C17H29N3O3Si. The van der Waals surface area contributed by atoms with E-state index in [9.17, 15) is 0 Å². The van der Waals surface area contributed by atoms with E-state index < -0.39 is 8.80 Å². The van der Waals surface area contributed by atoms with Crippen LogP contribution in [0.15, 0.2) is 35.4 Å². The molecule has 0 bridgehead atoms. The highest BCUT2D eigenvalue weighted by Crippen LogP contribution is 2.22. The Balaban J connectivity index is 2.65. The zero-order valence-electron chi connectivity index (χ0n) is 15.0. The SMILES string of the molecule is CCO[Si](CCC(CCc1ccccc1)N=[N+]=[N-])(OCC)OCC. The predicted octanol–water partition coefficient (Wildman–Crippen LogP) is 4.74. The standard InChI is InChI=1S/C17H29N3O3Si/c1-4-21-24(22-5-2,23-6-3)15-14-17(19-20-18)13-12-16-10-8-7-9-11-16/h7-11,17H,4-6,12-15H2,1-3H3. The summed E-state index contributed by atoms with van der Waals surface area (Å²) in [6, 6.07) is 10.8. The van der Waals surface area contributed by atoms with Crippen molar-refractivity contribution < 1.29 is 13.3 Å². The molecule has 0 aliphatic heterocycles. The summed E-state index contributed by atoms with van der Waals surface area (Å²) in [5.74, 6) is 0. The summed E-state index contributed by atoms with van der Waals surface area (Å²) < 4.78 is 17.6. The van der Waals surface area contributed by atoms with Gasteiger partial charge in [0.2, 0.25) is 0 Å². The molecule has 7 heteroatoms. The van der Waals surface area contributed by atoms with Gasteiger partial charge in [0.05, 0.1) is 0 Å². The van der Waals surface area contributed by atoms with Crippen molar-refractivity contribution >= 4 is 8.80 Å². The first-order valence-electron chi connectivity index (χ1n) is 8.69. The minimum Gasteiger partial charge on any atom is -0.374 e. The van der Waals surface area contributed by atoms with Gasteiger partial charge < -0.3 is 13.3 Å². The van der Waals surface area contributed by atoms with Gasteiger partial charge in [-0.15, -0.1) is 0 Å². The Morgan fingerprint density at radius 2 is 1.58 bits per heavy atom. The predicted molar refractivity (Wildman–Crippen MR) is 97.8 cm³/mol. The summed E-state index contributed by atoms with van der Waals surface area (Å²) in [6.45, 7) is 7.51. The molecule has 1 aromatic rings. The fourth-order valence-electron chi connectivity index (χ4n) is 2.66. The second-order valence-corrected chi connectivity index (χ2v) is 8.14. The highest BCUT2D eigenvalue weighted by molar-refractivity contribution is 6.60. The van der Waals surface area contributed by atoms with Crippen LogP contribution in [0.2, 0.25) is 6.04 Å². The number of hydrogen-bond donors (Lipinski definition) is 0. The molecule has 0 aliphatic carbocycles. The number of nitrogens with zero attached hydrogens (tertiary/aromatic N) is 3. The molecule has 1 unspecified atom stereocenters. The Labute approximate surface area is 146 Å². The third kappa shape index (κ3) is 7.46. The molecule has 1 aromatic carbocycles. The molecule has 0 aromatic heterocycles. The molecule has 0 spiro atoms. The van der Waals surface area contributed by atoms with Crippen molar-refractivity contribution in [1.82, 2.24) is 0 Å². The summed E-state index contributed by atoms with van der Waals surface area (Å²) in [4.78, 5) is 3.00. The van der Waals surface area contributed by atoms with Gasteiger partial charge in [-0.2, -0.15) is 0 Å². The third-order valence-corrected chi connectivity index (χ3v) is 6.79. The van der Waals surface area contributed by atoms with Gasteiger partial charge in [-0.3, -0.25) is 0 Å². The van der Waals surface area contributed by atoms with E-state index >= 15 is 0 Å². The molecule has 134 valence electrons. The van der Waals surface area contributed by atoms with Crippen molar-refractivity contribution in [3.63, 3.8) is 0 Å². The molecular weight excluding hydrogens is 322 g/mol. The van der Waals surface area contributed by atoms with Gasteiger partial charge in [0.25, 0.3) is 0 Å². The average molecular weight is 352 g/mol. The number of rotatable bonds is 13. The first-order chi connectivity index (χ1) is 11.7. The zero-order valence-corrected chi connectivity index (χ0v) is 16.0. The van der Waals surface area contributed by atoms with E-state index in [-0.39, 0.29) is 6.04 Å². The van der Waals surface area contributed by atoms with Crippen molar-refractivity contribution in [3.05, 3.63) is 46.3 Å². The smallest absolute Gasteiger partial charge is 0.374 e. The molecule has 6 nitrogen and oxygen atoms in total. The van der Waals surface area contributed by atoms with Crippen molar-refractivity contribution in [3.8, 4) is 0 Å². The summed E-state index contributed by atoms with van der Waals surface area (Å²) in [5, 5.41) is 3.96. The number of benzene rings is 1. The van der Waals surface area contributed by atoms with Gasteiger partial charge in [-0.1, -0.05) is 35.4 Å². The Morgan fingerprint density at radius 3 is 2.08 bits per heavy atom. The van der Waals surface area contributed by atoms with Gasteiger partial charge in [0, 0.05) is 36.8 Å². The minimum atomic E-state index is -2.68. The van der Waals surface area contributed by atoms with E-state index in [2.05, 4.69) is 22.2 Å². The zero-order chi connectivity index (χ0) is 17.7. The lowest BCUT2D eigenvalue weighted by Crippen LogP contribution is -2.46. The first-order valence-corrected chi connectivity index (χ1v) is 10.6. The highest BCUT2D eigenvalue weighted by Gasteiger charge is 2.40. The van der Waals surface area contributed by atoms with Crippen LogP contribution in [-0.4, -0.2) is 34.7 Å². The molecule has 0 radical (unpaired) electrons. The lowest BCUT2D eigenvalue weighted by atomic mass is 10.0. The van der Waals surface area contributed by atoms with Crippen LogP contribution in [-0.2, 0) is 19.7 Å². The van der Waals surface area contributed by atoms with Crippen LogP contribution in [0.4, 0.5) is 0 Å². The van der Waals surface area contributed by atoms with Crippen LogP contribution in [0, 0.1) is 0 Å². The fraction of sp³-hybridized carbons (Fsp3) is 0.647. The highest BCUT2D eigenvalue weighted by atomic mass is 28.4.